The van der Waals surface area contributed by atoms with E-state index >= 15 is 0 Å². The molecule has 0 atom stereocenters. The molecule has 0 aliphatic carbocycles. The fourth-order valence-corrected chi connectivity index (χ4v) is 2.89. The lowest BCUT2D eigenvalue weighted by Gasteiger charge is -2.03. The minimum atomic E-state index is 0.142. The van der Waals surface area contributed by atoms with Crippen molar-refractivity contribution in [2.75, 3.05) is 0 Å². The van der Waals surface area contributed by atoms with E-state index in [1.807, 2.05) is 49.4 Å². The maximum Gasteiger partial charge on any atom is 0.199 e. The second-order valence-electron chi connectivity index (χ2n) is 5.35. The molecule has 0 saturated heterocycles. The van der Waals surface area contributed by atoms with E-state index in [1.54, 1.807) is 0 Å². The van der Waals surface area contributed by atoms with Gasteiger partial charge in [-0.2, -0.15) is 0 Å². The molecule has 0 saturated carbocycles. The Labute approximate surface area is 122 Å². The van der Waals surface area contributed by atoms with Crippen molar-refractivity contribution < 1.29 is 5.11 Å². The number of nitrogens with one attached hydrogen (secondary N) is 1. The van der Waals surface area contributed by atoms with Crippen LogP contribution in [0.2, 0.25) is 0 Å². The van der Waals surface area contributed by atoms with Crippen LogP contribution in [0.4, 0.5) is 5.69 Å². The summed E-state index contributed by atoms with van der Waals surface area (Å²) in [5, 5.41) is 11.3. The van der Waals surface area contributed by atoms with E-state index in [0.717, 1.165) is 44.6 Å². The number of aliphatic imine (C=N–C) groups is 1. The Kier molecular flexibility index (Phi) is 2.33. The predicted octanol–water partition coefficient (Wildman–Crippen LogP) is 4.33. The number of hydrogen-bond acceptors (Lipinski definition) is 2. The highest BCUT2D eigenvalue weighted by atomic mass is 16.3. The summed E-state index contributed by atoms with van der Waals surface area (Å²) in [7, 11) is 0. The van der Waals surface area contributed by atoms with Crippen LogP contribution in [0.25, 0.3) is 16.5 Å². The second kappa shape index (κ2) is 4.09. The van der Waals surface area contributed by atoms with E-state index in [9.17, 15) is 5.11 Å². The van der Waals surface area contributed by atoms with Gasteiger partial charge in [0.25, 0.3) is 0 Å². The van der Waals surface area contributed by atoms with Crippen molar-refractivity contribution >= 4 is 27.9 Å². The van der Waals surface area contributed by atoms with Gasteiger partial charge in [0, 0.05) is 22.0 Å². The van der Waals surface area contributed by atoms with Crippen LogP contribution in [0.15, 0.2) is 54.0 Å². The van der Waals surface area contributed by atoms with Crippen molar-refractivity contribution in [2.45, 2.75) is 6.92 Å². The van der Waals surface area contributed by atoms with Crippen molar-refractivity contribution in [2.24, 2.45) is 4.99 Å². The Bertz CT molecular complexity index is 932. The smallest absolute Gasteiger partial charge is 0.199 e. The van der Waals surface area contributed by atoms with Gasteiger partial charge in [-0.15, -0.1) is 0 Å². The van der Waals surface area contributed by atoms with Gasteiger partial charge in [0.1, 0.15) is 0 Å². The van der Waals surface area contributed by atoms with E-state index < -0.39 is 0 Å². The number of H-pyrrole nitrogens is 1. The molecule has 102 valence electrons. The van der Waals surface area contributed by atoms with Gasteiger partial charge in [0.2, 0.25) is 0 Å². The molecular weight excluding hydrogens is 260 g/mol. The molecule has 1 aliphatic rings. The van der Waals surface area contributed by atoms with Crippen molar-refractivity contribution in [1.82, 2.24) is 4.98 Å². The van der Waals surface area contributed by atoms with Crippen molar-refractivity contribution in [1.29, 1.82) is 0 Å². The standard InChI is InChI=1S/C18H14N2O/c1-10-7-8-13-15(9-10)20-18(21)16(13)17-11(2)12-5-3-4-6-14(12)19-17/h3-9,20-21H,2H2,1H3. The van der Waals surface area contributed by atoms with Crippen LogP contribution in [0, 0.1) is 6.92 Å². The molecule has 0 fully saturated rings. The van der Waals surface area contributed by atoms with Crippen LogP contribution >= 0.6 is 0 Å². The van der Waals surface area contributed by atoms with E-state index in [-0.39, 0.29) is 5.88 Å². The lowest BCUT2D eigenvalue weighted by molar-refractivity contribution is 0.457. The van der Waals surface area contributed by atoms with Gasteiger partial charge in [-0.3, -0.25) is 0 Å². The summed E-state index contributed by atoms with van der Waals surface area (Å²) >= 11 is 0. The highest BCUT2D eigenvalue weighted by Gasteiger charge is 2.25. The monoisotopic (exact) mass is 274 g/mol. The molecular formula is C18H14N2O. The largest absolute Gasteiger partial charge is 0.494 e. The summed E-state index contributed by atoms with van der Waals surface area (Å²) in [6.45, 7) is 6.17. The average molecular weight is 274 g/mol. The molecule has 0 radical (unpaired) electrons. The Morgan fingerprint density at radius 3 is 2.76 bits per heavy atom. The van der Waals surface area contributed by atoms with E-state index in [4.69, 9.17) is 0 Å². The van der Waals surface area contributed by atoms with Crippen LogP contribution in [-0.2, 0) is 0 Å². The van der Waals surface area contributed by atoms with Gasteiger partial charge in [-0.1, -0.05) is 36.9 Å². The topological polar surface area (TPSA) is 48.4 Å². The van der Waals surface area contributed by atoms with Gasteiger partial charge in [0.15, 0.2) is 5.88 Å². The van der Waals surface area contributed by atoms with Crippen molar-refractivity contribution in [3.05, 3.63) is 65.7 Å². The fraction of sp³-hybridized carbons (Fsp3) is 0.0556. The first-order valence-electron chi connectivity index (χ1n) is 6.84. The van der Waals surface area contributed by atoms with Crippen LogP contribution in [0.5, 0.6) is 5.88 Å². The second-order valence-corrected chi connectivity index (χ2v) is 5.35. The van der Waals surface area contributed by atoms with E-state index in [2.05, 4.69) is 16.6 Å². The highest BCUT2D eigenvalue weighted by Crippen LogP contribution is 2.40. The number of aryl methyl sites for hydroxylation is 1. The summed E-state index contributed by atoms with van der Waals surface area (Å²) in [6, 6.07) is 14.0. The quantitative estimate of drug-likeness (QED) is 0.681. The Morgan fingerprint density at radius 2 is 1.95 bits per heavy atom. The number of hydrogen-bond donors (Lipinski definition) is 2. The number of aromatic nitrogens is 1. The Balaban J connectivity index is 1.97. The zero-order chi connectivity index (χ0) is 14.6. The lowest BCUT2D eigenvalue weighted by atomic mass is 9.98. The van der Waals surface area contributed by atoms with Gasteiger partial charge in [-0.25, -0.2) is 4.99 Å². The first-order chi connectivity index (χ1) is 10.1. The predicted molar refractivity (Wildman–Crippen MR) is 86.4 cm³/mol. The van der Waals surface area contributed by atoms with Crippen molar-refractivity contribution in [3.63, 3.8) is 0 Å². The maximum absolute atomic E-state index is 10.3. The molecule has 0 amide bonds. The van der Waals surface area contributed by atoms with E-state index in [0.29, 0.717) is 0 Å². The molecule has 1 aromatic heterocycles. The number of para-hydroxylation sites is 1. The molecule has 21 heavy (non-hydrogen) atoms. The zero-order valence-corrected chi connectivity index (χ0v) is 11.6. The molecule has 1 aliphatic heterocycles. The fourth-order valence-electron chi connectivity index (χ4n) is 2.89. The van der Waals surface area contributed by atoms with Crippen LogP contribution in [0.1, 0.15) is 16.7 Å². The summed E-state index contributed by atoms with van der Waals surface area (Å²) in [5.41, 5.74) is 6.30. The molecule has 3 aromatic rings. The van der Waals surface area contributed by atoms with Gasteiger partial charge >= 0.3 is 0 Å². The van der Waals surface area contributed by atoms with Gasteiger partial charge in [0.05, 0.1) is 17.0 Å². The maximum atomic E-state index is 10.3. The van der Waals surface area contributed by atoms with Crippen molar-refractivity contribution in [3.8, 4) is 5.88 Å². The normalized spacial score (nSPS) is 13.6. The average Bonchev–Trinajstić information content (AvgIpc) is 2.95. The summed E-state index contributed by atoms with van der Waals surface area (Å²) < 4.78 is 0. The third kappa shape index (κ3) is 1.64. The number of aromatic amines is 1. The molecule has 2 heterocycles. The first kappa shape index (κ1) is 12.0. The van der Waals surface area contributed by atoms with E-state index in [1.165, 1.54) is 0 Å². The zero-order valence-electron chi connectivity index (χ0n) is 11.6. The molecule has 3 nitrogen and oxygen atoms in total. The van der Waals surface area contributed by atoms with Crippen LogP contribution < -0.4 is 0 Å². The molecule has 4 rings (SSSR count). The third-order valence-corrected chi connectivity index (χ3v) is 3.92. The lowest BCUT2D eigenvalue weighted by Crippen LogP contribution is -1.98. The number of rotatable bonds is 1. The summed E-state index contributed by atoms with van der Waals surface area (Å²) in [5.74, 6) is 0.142. The molecule has 0 bridgehead atoms. The Hall–Kier alpha value is -2.81. The number of nitrogens with zero attached hydrogens (tertiary/aromatic N) is 1. The summed E-state index contributed by atoms with van der Waals surface area (Å²) in [4.78, 5) is 7.67. The molecule has 0 spiro atoms. The molecule has 3 heteroatoms. The number of fused-ring (bicyclic) bond motifs is 2. The number of aromatic hydroxyl groups is 1. The molecule has 2 aromatic carbocycles. The minimum absolute atomic E-state index is 0.142. The third-order valence-electron chi connectivity index (χ3n) is 3.92. The molecule has 0 unspecified atom stereocenters. The summed E-state index contributed by atoms with van der Waals surface area (Å²) in [6.07, 6.45) is 0. The van der Waals surface area contributed by atoms with Gasteiger partial charge < -0.3 is 10.1 Å². The number of benzene rings is 2. The SMILES string of the molecule is C=C1C(c2c(O)[nH]c3cc(C)ccc23)=Nc2ccccc21. The van der Waals surface area contributed by atoms with Gasteiger partial charge in [-0.05, 0) is 24.6 Å². The first-order valence-corrected chi connectivity index (χ1v) is 6.84. The molecule has 2 N–H and O–H groups in total. The Morgan fingerprint density at radius 1 is 1.14 bits per heavy atom. The highest BCUT2D eigenvalue weighted by molar-refractivity contribution is 6.39. The minimum Gasteiger partial charge on any atom is -0.494 e. The van der Waals surface area contributed by atoms with Crippen LogP contribution in [-0.4, -0.2) is 15.8 Å². The van der Waals surface area contributed by atoms with Crippen LogP contribution in [0.3, 0.4) is 0 Å². The number of allylic oxidation sites excluding steroid dienone is 1.